The lowest BCUT2D eigenvalue weighted by Crippen LogP contribution is -2.07. The standard InChI is InChI=1S/C16H14F4N2O/c17-13-8-21-15(22-14(13)7-10-4-5-10)23-9-11-2-1-3-12(6-11)16(18,19)20/h1-3,6,8,10H,4-5,7,9H2. The van der Waals surface area contributed by atoms with E-state index in [2.05, 4.69) is 9.97 Å². The monoisotopic (exact) mass is 326 g/mol. The molecule has 1 fully saturated rings. The van der Waals surface area contributed by atoms with Crippen molar-refractivity contribution in [3.63, 3.8) is 0 Å². The fourth-order valence-corrected chi connectivity index (χ4v) is 2.18. The lowest BCUT2D eigenvalue weighted by Gasteiger charge is -2.10. The molecular weight excluding hydrogens is 312 g/mol. The molecule has 23 heavy (non-hydrogen) atoms. The molecule has 1 heterocycles. The Morgan fingerprint density at radius 2 is 2.00 bits per heavy atom. The molecule has 0 amide bonds. The molecule has 1 aliphatic rings. The van der Waals surface area contributed by atoms with Crippen LogP contribution < -0.4 is 4.74 Å². The Morgan fingerprint density at radius 1 is 1.22 bits per heavy atom. The zero-order chi connectivity index (χ0) is 16.4. The van der Waals surface area contributed by atoms with Gasteiger partial charge in [-0.3, -0.25) is 0 Å². The van der Waals surface area contributed by atoms with Gasteiger partial charge in [-0.1, -0.05) is 12.1 Å². The van der Waals surface area contributed by atoms with Crippen molar-refractivity contribution < 1.29 is 22.3 Å². The van der Waals surface area contributed by atoms with Gasteiger partial charge in [-0.15, -0.1) is 0 Å². The van der Waals surface area contributed by atoms with Gasteiger partial charge in [0.1, 0.15) is 6.61 Å². The predicted molar refractivity (Wildman–Crippen MR) is 74.2 cm³/mol. The second kappa shape index (κ2) is 6.14. The van der Waals surface area contributed by atoms with E-state index >= 15 is 0 Å². The van der Waals surface area contributed by atoms with Gasteiger partial charge in [0.2, 0.25) is 0 Å². The normalized spacial score (nSPS) is 14.8. The molecule has 2 aromatic rings. The Balaban J connectivity index is 1.68. The van der Waals surface area contributed by atoms with Crippen LogP contribution in [0.1, 0.15) is 29.7 Å². The van der Waals surface area contributed by atoms with Crippen LogP contribution in [0.3, 0.4) is 0 Å². The maximum atomic E-state index is 13.6. The van der Waals surface area contributed by atoms with Gasteiger partial charge in [0.25, 0.3) is 0 Å². The van der Waals surface area contributed by atoms with Crippen LogP contribution in [0, 0.1) is 11.7 Å². The van der Waals surface area contributed by atoms with Crippen molar-refractivity contribution >= 4 is 0 Å². The van der Waals surface area contributed by atoms with Gasteiger partial charge >= 0.3 is 12.2 Å². The minimum atomic E-state index is -4.40. The quantitative estimate of drug-likeness (QED) is 0.774. The Labute approximate surface area is 130 Å². The second-order valence-corrected chi connectivity index (χ2v) is 5.58. The van der Waals surface area contributed by atoms with Gasteiger partial charge in [0, 0.05) is 0 Å². The third kappa shape index (κ3) is 4.18. The number of benzene rings is 1. The summed E-state index contributed by atoms with van der Waals surface area (Å²) in [5, 5.41) is 0. The summed E-state index contributed by atoms with van der Waals surface area (Å²) in [6.45, 7) is -0.113. The summed E-state index contributed by atoms with van der Waals surface area (Å²) in [7, 11) is 0. The fraction of sp³-hybridized carbons (Fsp3) is 0.375. The van der Waals surface area contributed by atoms with E-state index in [0.29, 0.717) is 23.6 Å². The van der Waals surface area contributed by atoms with Gasteiger partial charge in [0.15, 0.2) is 5.82 Å². The van der Waals surface area contributed by atoms with E-state index in [-0.39, 0.29) is 12.6 Å². The van der Waals surface area contributed by atoms with Crippen LogP contribution in [0.4, 0.5) is 17.6 Å². The Bertz CT molecular complexity index is 699. The van der Waals surface area contributed by atoms with Crippen LogP contribution in [0.25, 0.3) is 0 Å². The SMILES string of the molecule is Fc1cnc(OCc2cccc(C(F)(F)F)c2)nc1CC1CC1. The van der Waals surface area contributed by atoms with E-state index in [9.17, 15) is 17.6 Å². The van der Waals surface area contributed by atoms with Crippen LogP contribution in [0.15, 0.2) is 30.5 Å². The molecule has 0 saturated heterocycles. The molecule has 1 aromatic heterocycles. The van der Waals surface area contributed by atoms with Crippen molar-refractivity contribution in [2.75, 3.05) is 0 Å². The third-order valence-electron chi connectivity index (χ3n) is 3.60. The van der Waals surface area contributed by atoms with Gasteiger partial charge in [-0.05, 0) is 42.9 Å². The number of alkyl halides is 3. The first-order chi connectivity index (χ1) is 10.9. The zero-order valence-electron chi connectivity index (χ0n) is 12.1. The smallest absolute Gasteiger partial charge is 0.416 e. The van der Waals surface area contributed by atoms with E-state index in [1.165, 1.54) is 12.1 Å². The average Bonchev–Trinajstić information content (AvgIpc) is 3.31. The number of ether oxygens (including phenoxy) is 1. The number of rotatable bonds is 5. The van der Waals surface area contributed by atoms with Crippen LogP contribution in [0.2, 0.25) is 0 Å². The first kappa shape index (κ1) is 15.7. The molecule has 3 nitrogen and oxygen atoms in total. The fourth-order valence-electron chi connectivity index (χ4n) is 2.18. The highest BCUT2D eigenvalue weighted by Gasteiger charge is 2.30. The summed E-state index contributed by atoms with van der Waals surface area (Å²) in [5.74, 6) is -0.0287. The third-order valence-corrected chi connectivity index (χ3v) is 3.60. The number of hydrogen-bond acceptors (Lipinski definition) is 3. The number of aromatic nitrogens is 2. The molecule has 0 spiro atoms. The maximum absolute atomic E-state index is 13.6. The first-order valence-corrected chi connectivity index (χ1v) is 7.22. The molecule has 0 atom stereocenters. The molecule has 0 aliphatic heterocycles. The van der Waals surface area contributed by atoms with Crippen molar-refractivity contribution in [1.82, 2.24) is 9.97 Å². The number of hydrogen-bond donors (Lipinski definition) is 0. The Kier molecular flexibility index (Phi) is 4.19. The Morgan fingerprint density at radius 3 is 2.70 bits per heavy atom. The van der Waals surface area contributed by atoms with E-state index < -0.39 is 17.6 Å². The molecule has 1 saturated carbocycles. The van der Waals surface area contributed by atoms with E-state index in [0.717, 1.165) is 31.2 Å². The highest BCUT2D eigenvalue weighted by molar-refractivity contribution is 5.25. The lowest BCUT2D eigenvalue weighted by molar-refractivity contribution is -0.137. The lowest BCUT2D eigenvalue weighted by atomic mass is 10.1. The van der Waals surface area contributed by atoms with Crippen molar-refractivity contribution in [3.05, 3.63) is 53.1 Å². The molecule has 3 rings (SSSR count). The summed E-state index contributed by atoms with van der Waals surface area (Å²) < 4.78 is 56.8. The molecule has 1 aromatic carbocycles. The number of nitrogens with zero attached hydrogens (tertiary/aromatic N) is 2. The predicted octanol–water partition coefficient (Wildman–Crippen LogP) is 4.17. The summed E-state index contributed by atoms with van der Waals surface area (Å²) >= 11 is 0. The summed E-state index contributed by atoms with van der Waals surface area (Å²) in [4.78, 5) is 7.73. The van der Waals surface area contributed by atoms with Gasteiger partial charge < -0.3 is 4.74 Å². The highest BCUT2D eigenvalue weighted by Crippen LogP contribution is 2.33. The van der Waals surface area contributed by atoms with Crippen molar-refractivity contribution in [3.8, 4) is 6.01 Å². The molecule has 1 aliphatic carbocycles. The Hall–Kier alpha value is -2.18. The van der Waals surface area contributed by atoms with Gasteiger partial charge in [-0.25, -0.2) is 9.37 Å². The van der Waals surface area contributed by atoms with Crippen LogP contribution in [-0.4, -0.2) is 9.97 Å². The summed E-state index contributed by atoms with van der Waals surface area (Å²) in [6, 6.07) is 4.80. The minimum Gasteiger partial charge on any atom is -0.459 e. The molecular formula is C16H14F4N2O. The van der Waals surface area contributed by atoms with Crippen molar-refractivity contribution in [2.24, 2.45) is 5.92 Å². The van der Waals surface area contributed by atoms with Crippen molar-refractivity contribution in [2.45, 2.75) is 32.0 Å². The average molecular weight is 326 g/mol. The first-order valence-electron chi connectivity index (χ1n) is 7.22. The molecule has 122 valence electrons. The van der Waals surface area contributed by atoms with Crippen LogP contribution in [0.5, 0.6) is 6.01 Å². The molecule has 0 bridgehead atoms. The summed E-state index contributed by atoms with van der Waals surface area (Å²) in [6.07, 6.45) is -0.714. The maximum Gasteiger partial charge on any atom is 0.416 e. The van der Waals surface area contributed by atoms with E-state index in [1.54, 1.807) is 0 Å². The minimum absolute atomic E-state index is 0.0283. The van der Waals surface area contributed by atoms with Gasteiger partial charge in [-0.2, -0.15) is 18.2 Å². The molecule has 7 heteroatoms. The molecule has 0 radical (unpaired) electrons. The highest BCUT2D eigenvalue weighted by atomic mass is 19.4. The second-order valence-electron chi connectivity index (χ2n) is 5.58. The topological polar surface area (TPSA) is 35.0 Å². The van der Waals surface area contributed by atoms with E-state index in [4.69, 9.17) is 4.74 Å². The molecule has 0 N–H and O–H groups in total. The largest absolute Gasteiger partial charge is 0.459 e. The molecule has 0 unspecified atom stereocenters. The van der Waals surface area contributed by atoms with E-state index in [1.807, 2.05) is 0 Å². The number of halogens is 4. The summed E-state index contributed by atoms with van der Waals surface area (Å²) in [5.41, 5.74) is -0.105. The van der Waals surface area contributed by atoms with Crippen molar-refractivity contribution in [1.29, 1.82) is 0 Å². The van der Waals surface area contributed by atoms with Gasteiger partial charge in [0.05, 0.1) is 17.5 Å². The zero-order valence-corrected chi connectivity index (χ0v) is 12.1. The van der Waals surface area contributed by atoms with Crippen LogP contribution in [-0.2, 0) is 19.2 Å². The van der Waals surface area contributed by atoms with Crippen LogP contribution >= 0.6 is 0 Å².